The smallest absolute Gasteiger partial charge is 0.282 e. The van der Waals surface area contributed by atoms with E-state index in [0.29, 0.717) is 19.0 Å². The van der Waals surface area contributed by atoms with Gasteiger partial charge in [-0.3, -0.25) is 19.6 Å². The van der Waals surface area contributed by atoms with Gasteiger partial charge in [-0.05, 0) is 43.0 Å². The van der Waals surface area contributed by atoms with Crippen molar-refractivity contribution in [1.82, 2.24) is 13.5 Å². The van der Waals surface area contributed by atoms with Crippen LogP contribution in [0, 0.1) is 16.0 Å². The molecule has 1 amide bonds. The monoisotopic (exact) mass is 567 g/mol. The number of aromatic hydroxyl groups is 1. The standard InChI is InChI=1S/C23H29N5O8S2/c1-17-7-9-26(10-8-17)38(35,36)27-13-11-25(12-14-27)23(30)21-15-18(5-6-22(21)29)24-37(33,34)20-4-2-3-19(16-20)28(31)32/h2-6,15-17,24,29H,7-14H2,1H3. The van der Waals surface area contributed by atoms with E-state index in [1.165, 1.54) is 37.8 Å². The number of rotatable bonds is 7. The molecule has 2 aliphatic heterocycles. The minimum Gasteiger partial charge on any atom is -0.507 e. The molecule has 0 unspecified atom stereocenters. The number of non-ortho nitro benzene ring substituents is 1. The van der Waals surface area contributed by atoms with Gasteiger partial charge in [0.25, 0.3) is 31.8 Å². The third-order valence-corrected chi connectivity index (χ3v) is 10.2. The summed E-state index contributed by atoms with van der Waals surface area (Å²) in [5.74, 6) is -0.469. The molecule has 206 valence electrons. The third kappa shape index (κ3) is 5.90. The number of piperazine rings is 1. The molecule has 0 spiro atoms. The average molecular weight is 568 g/mol. The molecule has 38 heavy (non-hydrogen) atoms. The fourth-order valence-corrected chi connectivity index (χ4v) is 7.13. The van der Waals surface area contributed by atoms with Crippen LogP contribution in [-0.4, -0.2) is 85.6 Å². The molecule has 0 aromatic heterocycles. The van der Waals surface area contributed by atoms with Crippen LogP contribution in [0.25, 0.3) is 0 Å². The molecule has 2 fully saturated rings. The fraction of sp³-hybridized carbons (Fsp3) is 0.435. The van der Waals surface area contributed by atoms with E-state index in [0.717, 1.165) is 31.0 Å². The maximum atomic E-state index is 13.2. The number of carbonyl (C=O) groups excluding carboxylic acids is 1. The van der Waals surface area contributed by atoms with Crippen molar-refractivity contribution in [1.29, 1.82) is 0 Å². The van der Waals surface area contributed by atoms with E-state index in [-0.39, 0.29) is 48.1 Å². The number of hydrogen-bond acceptors (Lipinski definition) is 8. The first-order valence-electron chi connectivity index (χ1n) is 12.0. The summed E-state index contributed by atoms with van der Waals surface area (Å²) in [7, 11) is -7.86. The lowest BCUT2D eigenvalue weighted by molar-refractivity contribution is -0.385. The van der Waals surface area contributed by atoms with E-state index < -0.39 is 36.8 Å². The number of piperidine rings is 1. The van der Waals surface area contributed by atoms with Gasteiger partial charge in [-0.2, -0.15) is 17.0 Å². The summed E-state index contributed by atoms with van der Waals surface area (Å²) in [4.78, 5) is 24.5. The normalized spacial score (nSPS) is 18.3. The molecule has 0 radical (unpaired) electrons. The highest BCUT2D eigenvalue weighted by molar-refractivity contribution is 7.92. The summed E-state index contributed by atoms with van der Waals surface area (Å²) >= 11 is 0. The van der Waals surface area contributed by atoms with Crippen LogP contribution in [0.2, 0.25) is 0 Å². The van der Waals surface area contributed by atoms with E-state index >= 15 is 0 Å². The molecule has 15 heteroatoms. The second-order valence-corrected chi connectivity index (χ2v) is 13.0. The first kappa shape index (κ1) is 27.8. The number of hydrogen-bond donors (Lipinski definition) is 2. The van der Waals surface area contributed by atoms with Crippen molar-refractivity contribution in [3.8, 4) is 5.75 Å². The lowest BCUT2D eigenvalue weighted by atomic mass is 10.0. The number of carbonyl (C=O) groups is 1. The minimum atomic E-state index is -4.23. The molecule has 2 aromatic carbocycles. The number of nitrogens with one attached hydrogen (secondary N) is 1. The number of nitro groups is 1. The van der Waals surface area contributed by atoms with Gasteiger partial charge in [0.1, 0.15) is 5.75 Å². The fourth-order valence-electron chi connectivity index (χ4n) is 4.42. The van der Waals surface area contributed by atoms with Crippen LogP contribution in [-0.2, 0) is 20.2 Å². The number of phenols is 1. The Balaban J connectivity index is 1.45. The highest BCUT2D eigenvalue weighted by Crippen LogP contribution is 2.27. The van der Waals surface area contributed by atoms with E-state index in [1.807, 2.05) is 0 Å². The van der Waals surface area contributed by atoms with Gasteiger partial charge in [-0.1, -0.05) is 13.0 Å². The van der Waals surface area contributed by atoms with Crippen LogP contribution in [0.1, 0.15) is 30.1 Å². The van der Waals surface area contributed by atoms with Gasteiger partial charge in [-0.15, -0.1) is 0 Å². The van der Waals surface area contributed by atoms with Crippen LogP contribution in [0.3, 0.4) is 0 Å². The van der Waals surface area contributed by atoms with Gasteiger partial charge >= 0.3 is 0 Å². The number of nitrogens with zero attached hydrogens (tertiary/aromatic N) is 4. The molecule has 2 aromatic rings. The lowest BCUT2D eigenvalue weighted by Gasteiger charge is -2.38. The molecular weight excluding hydrogens is 538 g/mol. The van der Waals surface area contributed by atoms with Crippen LogP contribution in [0.15, 0.2) is 47.4 Å². The van der Waals surface area contributed by atoms with Crippen LogP contribution in [0.4, 0.5) is 11.4 Å². The third-order valence-electron chi connectivity index (χ3n) is 6.74. The Bertz CT molecular complexity index is 1430. The van der Waals surface area contributed by atoms with Crippen molar-refractivity contribution in [2.24, 2.45) is 5.92 Å². The number of amides is 1. The summed E-state index contributed by atoms with van der Waals surface area (Å²) in [5.41, 5.74) is -0.589. The summed E-state index contributed by atoms with van der Waals surface area (Å²) in [6, 6.07) is 8.09. The van der Waals surface area contributed by atoms with E-state index in [1.54, 1.807) is 0 Å². The number of nitro benzene ring substituents is 1. The van der Waals surface area contributed by atoms with Crippen LogP contribution >= 0.6 is 0 Å². The predicted octanol–water partition coefficient (Wildman–Crippen LogP) is 1.84. The minimum absolute atomic E-state index is 0.0294. The molecule has 2 aliphatic rings. The summed E-state index contributed by atoms with van der Waals surface area (Å²) < 4.78 is 56.6. The molecule has 0 aliphatic carbocycles. The molecule has 2 N–H and O–H groups in total. The average Bonchev–Trinajstić information content (AvgIpc) is 2.89. The quantitative estimate of drug-likeness (QED) is 0.290. The Morgan fingerprint density at radius 1 is 0.974 bits per heavy atom. The van der Waals surface area contributed by atoms with E-state index in [4.69, 9.17) is 0 Å². The molecule has 2 heterocycles. The maximum Gasteiger partial charge on any atom is 0.282 e. The Hall–Kier alpha value is -3.27. The van der Waals surface area contributed by atoms with Gasteiger partial charge in [0.2, 0.25) is 0 Å². The van der Waals surface area contributed by atoms with Crippen molar-refractivity contribution in [2.75, 3.05) is 44.0 Å². The molecule has 0 saturated carbocycles. The van der Waals surface area contributed by atoms with E-state index in [9.17, 15) is 36.9 Å². The first-order chi connectivity index (χ1) is 17.9. The van der Waals surface area contributed by atoms with Crippen molar-refractivity contribution in [3.63, 3.8) is 0 Å². The van der Waals surface area contributed by atoms with Crippen molar-refractivity contribution < 1.29 is 31.7 Å². The maximum absolute atomic E-state index is 13.2. The van der Waals surface area contributed by atoms with Gasteiger partial charge in [0, 0.05) is 57.1 Å². The topological polar surface area (TPSA) is 170 Å². The SMILES string of the molecule is CC1CCN(S(=O)(=O)N2CCN(C(=O)c3cc(NS(=O)(=O)c4cccc([N+](=O)[O-])c4)ccc3O)CC2)CC1. The van der Waals surface area contributed by atoms with Gasteiger partial charge in [0.05, 0.1) is 15.4 Å². The Kier molecular flexibility index (Phi) is 7.92. The second kappa shape index (κ2) is 10.8. The Labute approximate surface area is 221 Å². The Morgan fingerprint density at radius 3 is 2.24 bits per heavy atom. The first-order valence-corrected chi connectivity index (χ1v) is 14.9. The number of anilines is 1. The van der Waals surface area contributed by atoms with Crippen molar-refractivity contribution >= 4 is 37.5 Å². The molecule has 0 atom stereocenters. The summed E-state index contributed by atoms with van der Waals surface area (Å²) in [6.45, 7) is 3.43. The molecular formula is C23H29N5O8S2. The van der Waals surface area contributed by atoms with E-state index in [2.05, 4.69) is 11.6 Å². The molecule has 13 nitrogen and oxygen atoms in total. The van der Waals surface area contributed by atoms with Gasteiger partial charge < -0.3 is 10.0 Å². The largest absolute Gasteiger partial charge is 0.507 e. The van der Waals surface area contributed by atoms with Gasteiger partial charge in [-0.25, -0.2) is 8.42 Å². The van der Waals surface area contributed by atoms with Crippen LogP contribution in [0.5, 0.6) is 5.75 Å². The second-order valence-electron chi connectivity index (χ2n) is 9.37. The lowest BCUT2D eigenvalue weighted by Crippen LogP contribution is -2.55. The number of phenolic OH excluding ortho intramolecular Hbond substituents is 1. The van der Waals surface area contributed by atoms with Crippen molar-refractivity contribution in [2.45, 2.75) is 24.7 Å². The molecule has 0 bridgehead atoms. The molecule has 2 saturated heterocycles. The summed E-state index contributed by atoms with van der Waals surface area (Å²) in [6.07, 6.45) is 1.61. The number of benzene rings is 2. The van der Waals surface area contributed by atoms with Crippen molar-refractivity contribution in [3.05, 3.63) is 58.1 Å². The summed E-state index contributed by atoms with van der Waals surface area (Å²) in [5, 5.41) is 21.3. The van der Waals surface area contributed by atoms with Gasteiger partial charge in [0.15, 0.2) is 0 Å². The highest BCUT2D eigenvalue weighted by atomic mass is 32.2. The zero-order valence-corrected chi connectivity index (χ0v) is 22.3. The highest BCUT2D eigenvalue weighted by Gasteiger charge is 2.35. The predicted molar refractivity (Wildman–Crippen MR) is 138 cm³/mol. The molecule has 4 rings (SSSR count). The Morgan fingerprint density at radius 2 is 1.61 bits per heavy atom. The number of sulfonamides is 1. The zero-order valence-electron chi connectivity index (χ0n) is 20.7. The van der Waals surface area contributed by atoms with Crippen LogP contribution < -0.4 is 4.72 Å². The zero-order chi connectivity index (χ0) is 27.7.